The first-order chi connectivity index (χ1) is 12.4. The molecule has 0 saturated carbocycles. The van der Waals surface area contributed by atoms with Crippen molar-refractivity contribution in [3.05, 3.63) is 0 Å². The highest BCUT2D eigenvalue weighted by atomic mass is 28.5. The van der Waals surface area contributed by atoms with E-state index in [0.717, 1.165) is 6.42 Å². The Morgan fingerprint density at radius 2 is 1.41 bits per heavy atom. The Balaban J connectivity index is 2.44. The predicted octanol–water partition coefficient (Wildman–Crippen LogP) is 5.08. The summed E-state index contributed by atoms with van der Waals surface area (Å²) >= 11 is 0. The number of hydrogen-bond acceptors (Lipinski definition) is 5. The second kappa shape index (κ2) is 8.75. The van der Waals surface area contributed by atoms with Crippen LogP contribution in [0, 0.1) is 0 Å². The van der Waals surface area contributed by atoms with Crippen molar-refractivity contribution in [1.29, 1.82) is 0 Å². The fourth-order valence-electron chi connectivity index (χ4n) is 4.69. The first-order valence-corrected chi connectivity index (χ1v) is 14.6. The van der Waals surface area contributed by atoms with Gasteiger partial charge in [0.2, 0.25) is 0 Å². The van der Waals surface area contributed by atoms with Crippen molar-refractivity contribution in [3.63, 3.8) is 0 Å². The van der Waals surface area contributed by atoms with Crippen LogP contribution in [0.5, 0.6) is 0 Å². The van der Waals surface area contributed by atoms with Gasteiger partial charge in [0.15, 0.2) is 0 Å². The quantitative estimate of drug-likeness (QED) is 0.565. The molecule has 0 amide bonds. The maximum Gasteiger partial charge on any atom is 0.335 e. The third kappa shape index (κ3) is 4.59. The highest BCUT2D eigenvalue weighted by molar-refractivity contribution is 6.83. The number of carbonyl (C=O) groups is 1. The summed E-state index contributed by atoms with van der Waals surface area (Å²) in [4.78, 5) is 11.6. The second-order valence-electron chi connectivity index (χ2n) is 9.57. The molecule has 2 heterocycles. The summed E-state index contributed by atoms with van der Waals surface area (Å²) in [5.74, 6) is 0.163. The van der Waals surface area contributed by atoms with Gasteiger partial charge in [-0.25, -0.2) is 0 Å². The topological polar surface area (TPSA) is 54.0 Å². The predicted molar refractivity (Wildman–Crippen MR) is 112 cm³/mol. The zero-order valence-corrected chi connectivity index (χ0v) is 20.7. The number of carbonyl (C=O) groups excluding carboxylic acids is 1. The number of Topliss-reactive ketones (excluding diaryl/α,β-unsaturated/α-hetero) is 1. The number of hydrogen-bond donors (Lipinski definition) is 0. The highest BCUT2D eigenvalue weighted by Crippen LogP contribution is 2.47. The minimum Gasteiger partial charge on any atom is -0.414 e. The summed E-state index contributed by atoms with van der Waals surface area (Å²) in [6.45, 7) is 19.9. The molecule has 3 atom stereocenters. The normalized spacial score (nSPS) is 30.6. The van der Waals surface area contributed by atoms with Crippen molar-refractivity contribution in [2.75, 3.05) is 6.61 Å². The first kappa shape index (κ1) is 23.2. The van der Waals surface area contributed by atoms with Gasteiger partial charge in [0.25, 0.3) is 0 Å². The Morgan fingerprint density at radius 1 is 0.889 bits per heavy atom. The van der Waals surface area contributed by atoms with E-state index in [-0.39, 0.29) is 24.1 Å². The summed E-state index contributed by atoms with van der Waals surface area (Å²) < 4.78 is 27.0. The first-order valence-electron chi connectivity index (χ1n) is 10.6. The molecule has 0 N–H and O–H groups in total. The Bertz CT molecular complexity index is 505. The van der Waals surface area contributed by atoms with Gasteiger partial charge < -0.3 is 17.7 Å². The van der Waals surface area contributed by atoms with E-state index in [1.807, 2.05) is 0 Å². The highest BCUT2D eigenvalue weighted by Gasteiger charge is 2.59. The Morgan fingerprint density at radius 3 is 1.85 bits per heavy atom. The summed E-state index contributed by atoms with van der Waals surface area (Å²) in [6, 6.07) is 0. The fourth-order valence-corrected chi connectivity index (χ4v) is 15.9. The molecule has 0 unspecified atom stereocenters. The van der Waals surface area contributed by atoms with E-state index in [1.165, 1.54) is 0 Å². The van der Waals surface area contributed by atoms with Gasteiger partial charge in [0, 0.05) is 12.8 Å². The Labute approximate surface area is 168 Å². The Kier molecular flexibility index (Phi) is 7.53. The molecule has 27 heavy (non-hydrogen) atoms. The van der Waals surface area contributed by atoms with E-state index < -0.39 is 17.1 Å². The van der Waals surface area contributed by atoms with Crippen molar-refractivity contribution in [2.24, 2.45) is 0 Å². The molecule has 0 aromatic rings. The molecule has 158 valence electrons. The molecule has 2 rings (SSSR count). The van der Waals surface area contributed by atoms with E-state index in [2.05, 4.69) is 55.4 Å². The van der Waals surface area contributed by atoms with Gasteiger partial charge in [0.05, 0.1) is 18.8 Å². The van der Waals surface area contributed by atoms with Crippen molar-refractivity contribution in [3.8, 4) is 0 Å². The van der Waals surface area contributed by atoms with Crippen LogP contribution in [0.3, 0.4) is 0 Å². The zero-order chi connectivity index (χ0) is 20.6. The van der Waals surface area contributed by atoms with Gasteiger partial charge in [0.1, 0.15) is 11.9 Å². The average Bonchev–Trinajstić information content (AvgIpc) is 2.86. The van der Waals surface area contributed by atoms with E-state index >= 15 is 0 Å². The molecule has 2 saturated heterocycles. The molecule has 2 aliphatic rings. The third-order valence-corrected chi connectivity index (χ3v) is 16.4. The molecule has 0 spiro atoms. The monoisotopic (exact) mass is 416 g/mol. The van der Waals surface area contributed by atoms with Gasteiger partial charge in [-0.3, -0.25) is 4.79 Å². The molecular formula is C20H40O5Si2. The van der Waals surface area contributed by atoms with Crippen LogP contribution in [0.4, 0.5) is 0 Å². The molecule has 0 bridgehead atoms. The second-order valence-corrected chi connectivity index (χ2v) is 18.4. The molecule has 7 heteroatoms. The SMILES string of the molecule is CC(=O)C[C@@H]1C[C@@H]2O[Si](C(C)C)(C(C)C)O[Si](C(C)C)(C(C)C)OC[C@H]2O1. The lowest BCUT2D eigenvalue weighted by Gasteiger charge is -2.51. The lowest BCUT2D eigenvalue weighted by Crippen LogP contribution is -2.65. The third-order valence-electron chi connectivity index (χ3n) is 6.14. The zero-order valence-electron chi connectivity index (χ0n) is 18.7. The minimum atomic E-state index is -2.56. The van der Waals surface area contributed by atoms with Crippen LogP contribution in [0.25, 0.3) is 0 Å². The number of fused-ring (bicyclic) bond motifs is 1. The van der Waals surface area contributed by atoms with E-state index in [9.17, 15) is 4.79 Å². The maximum atomic E-state index is 11.6. The van der Waals surface area contributed by atoms with E-state index in [4.69, 9.17) is 17.7 Å². The van der Waals surface area contributed by atoms with Crippen LogP contribution < -0.4 is 0 Å². The van der Waals surface area contributed by atoms with Gasteiger partial charge in [-0.2, -0.15) is 0 Å². The standard InChI is InChI=1S/C20H40O5Si2/c1-13(2)26(14(3)4)22-12-20-19(11-18(23-20)10-17(9)21)24-27(25-26,15(5)6)16(7)8/h13-16,18-20H,10-12H2,1-9H3/t18-,19+,20-/m1/s1. The minimum absolute atomic E-state index is 0.0443. The van der Waals surface area contributed by atoms with Gasteiger partial charge in [-0.15, -0.1) is 0 Å². The molecule has 2 aliphatic heterocycles. The largest absolute Gasteiger partial charge is 0.414 e. The lowest BCUT2D eigenvalue weighted by molar-refractivity contribution is -0.120. The van der Waals surface area contributed by atoms with Crippen LogP contribution >= 0.6 is 0 Å². The van der Waals surface area contributed by atoms with Crippen LogP contribution in [0.15, 0.2) is 0 Å². The summed E-state index contributed by atoms with van der Waals surface area (Å²) in [6.07, 6.45) is 0.985. The van der Waals surface area contributed by atoms with Crippen molar-refractivity contribution < 1.29 is 22.5 Å². The Hall–Kier alpha value is -0.0562. The molecule has 5 nitrogen and oxygen atoms in total. The molecule has 0 aromatic heterocycles. The van der Waals surface area contributed by atoms with Gasteiger partial charge in [-0.05, 0) is 29.1 Å². The molecular weight excluding hydrogens is 376 g/mol. The van der Waals surface area contributed by atoms with Crippen molar-refractivity contribution in [2.45, 2.75) is 116 Å². The van der Waals surface area contributed by atoms with E-state index in [0.29, 0.717) is 35.2 Å². The number of ketones is 1. The van der Waals surface area contributed by atoms with E-state index in [1.54, 1.807) is 6.92 Å². The van der Waals surface area contributed by atoms with Crippen LogP contribution in [0.2, 0.25) is 22.2 Å². The van der Waals surface area contributed by atoms with Crippen LogP contribution in [0.1, 0.15) is 75.2 Å². The summed E-state index contributed by atoms with van der Waals surface area (Å²) in [7, 11) is -5.07. The molecule has 0 aliphatic carbocycles. The van der Waals surface area contributed by atoms with Gasteiger partial charge in [-0.1, -0.05) is 55.4 Å². The average molecular weight is 417 g/mol. The van der Waals surface area contributed by atoms with Crippen LogP contribution in [-0.2, 0) is 22.5 Å². The van der Waals surface area contributed by atoms with Crippen LogP contribution in [-0.4, -0.2) is 47.8 Å². The van der Waals surface area contributed by atoms with Crippen molar-refractivity contribution >= 4 is 22.9 Å². The van der Waals surface area contributed by atoms with Crippen molar-refractivity contribution in [1.82, 2.24) is 0 Å². The summed E-state index contributed by atoms with van der Waals surface area (Å²) in [5, 5.41) is 0. The summed E-state index contributed by atoms with van der Waals surface area (Å²) in [5.41, 5.74) is 1.29. The fraction of sp³-hybridized carbons (Fsp3) is 0.950. The number of ether oxygens (including phenoxy) is 1. The molecule has 0 radical (unpaired) electrons. The lowest BCUT2D eigenvalue weighted by atomic mass is 10.1. The molecule has 0 aromatic carbocycles. The van der Waals surface area contributed by atoms with Gasteiger partial charge >= 0.3 is 17.1 Å². The number of rotatable bonds is 6. The smallest absolute Gasteiger partial charge is 0.335 e. The maximum absolute atomic E-state index is 11.6. The molecule has 2 fully saturated rings.